The third-order valence-electron chi connectivity index (χ3n) is 7.75. The van der Waals surface area contributed by atoms with Gasteiger partial charge in [-0.2, -0.15) is 0 Å². The fourth-order valence-electron chi connectivity index (χ4n) is 5.23. The molecule has 1 rings (SSSR count). The Morgan fingerprint density at radius 2 is 1.17 bits per heavy atom. The Hall–Kier alpha value is -5.25. The number of carbonyl (C=O) groups excluding carboxylic acids is 6. The Morgan fingerprint density at radius 1 is 0.750 bits per heavy atom. The van der Waals surface area contributed by atoms with Crippen LogP contribution < -0.4 is 55.7 Å². The molecule has 22 nitrogen and oxygen atoms in total. The molecule has 5 atom stereocenters. The number of nitrogens with one attached hydrogen (secondary N) is 4. The zero-order valence-corrected chi connectivity index (χ0v) is 30.0. The summed E-state index contributed by atoms with van der Waals surface area (Å²) in [5, 5.41) is 19.7. The third-order valence-corrected chi connectivity index (χ3v) is 7.75. The maximum Gasteiger partial charge on any atom is 0.243 e. The smallest absolute Gasteiger partial charge is 0.243 e. The second kappa shape index (κ2) is 24.0. The van der Waals surface area contributed by atoms with E-state index in [9.17, 15) is 33.9 Å². The molecular weight excluding hydrogens is 682 g/mol. The van der Waals surface area contributed by atoms with Gasteiger partial charge in [0, 0.05) is 26.2 Å². The number of hydrogen-bond donors (Lipinski definition) is 11. The highest BCUT2D eigenvalue weighted by molar-refractivity contribution is 5.96. The summed E-state index contributed by atoms with van der Waals surface area (Å²) >= 11 is 0. The van der Waals surface area contributed by atoms with Gasteiger partial charge in [0.2, 0.25) is 29.5 Å². The molecule has 1 heterocycles. The normalized spacial score (nSPS) is 16.0. The maximum absolute atomic E-state index is 13.8. The standard InChI is InChI=1S/C30H57N15O7/c1-44(2)15-23(48)45-14-6-10-22(45)27(52)43-21(9-5-13-39-30(35)36)26(51)42-20(8-4-12-38-29(33)34)25(50)41-19(7-3-11-37-28(31)32)24(49)40-18(16-46)17-47/h16,18-22,47H,3-15,17H2,1-2H3,(H,40,49)(H,41,50)(H,42,51)(H,43,52)(H4,31,32,37)(H4,33,34,38)(H4,35,36,39)/t18-,19+,20+,21+,22+/m1/s1. The van der Waals surface area contributed by atoms with Gasteiger partial charge in [0.15, 0.2) is 17.9 Å². The SMILES string of the molecule is CN(C)CC(=O)N1CCC[C@H]1C(=O)N[C@@H](CCCN=C(N)N)C(=O)N[C@@H](CCCN=C(N)N)C(=O)N[C@@H](CCCN=C(N)N)C(=O)N[C@H](C=O)CO. The molecule has 17 N–H and O–H groups in total. The van der Waals surface area contributed by atoms with Crippen LogP contribution in [0.3, 0.4) is 0 Å². The number of guanidine groups is 3. The largest absolute Gasteiger partial charge is 0.394 e. The molecule has 5 amide bonds. The Morgan fingerprint density at radius 3 is 1.56 bits per heavy atom. The van der Waals surface area contributed by atoms with E-state index in [0.29, 0.717) is 25.7 Å². The van der Waals surface area contributed by atoms with Crippen molar-refractivity contribution in [3.63, 3.8) is 0 Å². The molecule has 0 aromatic rings. The van der Waals surface area contributed by atoms with Crippen LogP contribution in [0, 0.1) is 0 Å². The average molecular weight is 740 g/mol. The number of hydrogen-bond acceptors (Lipinski definition) is 11. The zero-order valence-electron chi connectivity index (χ0n) is 30.0. The van der Waals surface area contributed by atoms with Gasteiger partial charge in [-0.1, -0.05) is 0 Å². The molecule has 294 valence electrons. The van der Waals surface area contributed by atoms with Crippen LogP contribution in [0.1, 0.15) is 51.4 Å². The van der Waals surface area contributed by atoms with E-state index in [4.69, 9.17) is 34.4 Å². The van der Waals surface area contributed by atoms with Crippen molar-refractivity contribution in [1.82, 2.24) is 31.1 Å². The Balaban J connectivity index is 3.32. The number of aliphatic imine (C=N–C) groups is 3. The summed E-state index contributed by atoms with van der Waals surface area (Å²) in [7, 11) is 3.48. The molecule has 0 aliphatic carbocycles. The first-order valence-electron chi connectivity index (χ1n) is 17.0. The number of aliphatic hydroxyl groups excluding tert-OH is 1. The van der Waals surface area contributed by atoms with Crippen molar-refractivity contribution >= 4 is 53.7 Å². The number of likely N-dealkylation sites (N-methyl/N-ethyl adjacent to an activating group) is 1. The van der Waals surface area contributed by atoms with E-state index in [2.05, 4.69) is 36.2 Å². The minimum atomic E-state index is -1.25. The fourth-order valence-corrected chi connectivity index (χ4v) is 5.23. The quantitative estimate of drug-likeness (QED) is 0.0190. The zero-order chi connectivity index (χ0) is 39.2. The number of aliphatic hydroxyl groups is 1. The van der Waals surface area contributed by atoms with Gasteiger partial charge in [0.25, 0.3) is 0 Å². The van der Waals surface area contributed by atoms with Crippen molar-refractivity contribution in [2.24, 2.45) is 49.4 Å². The highest BCUT2D eigenvalue weighted by Gasteiger charge is 2.36. The van der Waals surface area contributed by atoms with Gasteiger partial charge in [0.1, 0.15) is 36.5 Å². The lowest BCUT2D eigenvalue weighted by molar-refractivity contribution is -0.140. The van der Waals surface area contributed by atoms with E-state index < -0.39 is 60.4 Å². The highest BCUT2D eigenvalue weighted by atomic mass is 16.3. The first-order valence-corrected chi connectivity index (χ1v) is 17.0. The van der Waals surface area contributed by atoms with Crippen molar-refractivity contribution in [3.05, 3.63) is 0 Å². The van der Waals surface area contributed by atoms with Crippen molar-refractivity contribution in [3.8, 4) is 0 Å². The molecule has 1 aliphatic heterocycles. The first kappa shape index (κ1) is 44.8. The molecule has 1 fully saturated rings. The summed E-state index contributed by atoms with van der Waals surface area (Å²) in [5.41, 5.74) is 32.5. The van der Waals surface area contributed by atoms with E-state index in [1.807, 2.05) is 0 Å². The predicted octanol–water partition coefficient (Wildman–Crippen LogP) is -6.17. The molecule has 0 aromatic heterocycles. The van der Waals surface area contributed by atoms with E-state index in [0.717, 1.165) is 0 Å². The van der Waals surface area contributed by atoms with Crippen molar-refractivity contribution in [2.45, 2.75) is 81.6 Å². The van der Waals surface area contributed by atoms with E-state index in [1.165, 1.54) is 4.90 Å². The Bertz CT molecular complexity index is 1280. The second-order valence-corrected chi connectivity index (χ2v) is 12.4. The van der Waals surface area contributed by atoms with Crippen LogP contribution in [0.2, 0.25) is 0 Å². The summed E-state index contributed by atoms with van der Waals surface area (Å²) in [6.07, 6.45) is 2.17. The first-order chi connectivity index (χ1) is 24.6. The van der Waals surface area contributed by atoms with Crippen LogP contribution in [0.25, 0.3) is 0 Å². The van der Waals surface area contributed by atoms with Gasteiger partial charge < -0.3 is 75.4 Å². The number of nitrogens with zero attached hydrogens (tertiary/aromatic N) is 5. The van der Waals surface area contributed by atoms with Gasteiger partial charge in [0.05, 0.1) is 13.2 Å². The third kappa shape index (κ3) is 17.6. The number of nitrogens with two attached hydrogens (primary N) is 6. The maximum atomic E-state index is 13.8. The second-order valence-electron chi connectivity index (χ2n) is 12.4. The average Bonchev–Trinajstić information content (AvgIpc) is 3.57. The molecule has 1 saturated heterocycles. The lowest BCUT2D eigenvalue weighted by Gasteiger charge is -2.28. The molecule has 0 aromatic carbocycles. The van der Waals surface area contributed by atoms with Crippen molar-refractivity contribution < 1.29 is 33.9 Å². The van der Waals surface area contributed by atoms with Crippen LogP contribution in [0.4, 0.5) is 0 Å². The fraction of sp³-hybridized carbons (Fsp3) is 0.700. The van der Waals surface area contributed by atoms with Gasteiger partial charge in [-0.15, -0.1) is 0 Å². The van der Waals surface area contributed by atoms with Crippen LogP contribution in [0.15, 0.2) is 15.0 Å². The number of carbonyl (C=O) groups is 6. The molecule has 0 spiro atoms. The van der Waals surface area contributed by atoms with Crippen molar-refractivity contribution in [1.29, 1.82) is 0 Å². The summed E-state index contributed by atoms with van der Waals surface area (Å²) in [6.45, 7) is 0.194. The highest BCUT2D eigenvalue weighted by Crippen LogP contribution is 2.18. The van der Waals surface area contributed by atoms with E-state index in [-0.39, 0.29) is 88.5 Å². The lowest BCUT2D eigenvalue weighted by Crippen LogP contribution is -2.58. The van der Waals surface area contributed by atoms with Crippen LogP contribution in [-0.2, 0) is 28.8 Å². The Labute approximate surface area is 303 Å². The predicted molar refractivity (Wildman–Crippen MR) is 194 cm³/mol. The molecule has 0 unspecified atom stereocenters. The van der Waals surface area contributed by atoms with Crippen LogP contribution >= 0.6 is 0 Å². The molecule has 0 radical (unpaired) electrons. The summed E-state index contributed by atoms with van der Waals surface area (Å²) in [6, 6.07) is -5.67. The molecular formula is C30H57N15O7. The number of amides is 5. The van der Waals surface area contributed by atoms with Crippen molar-refractivity contribution in [2.75, 3.05) is 53.4 Å². The number of aldehydes is 1. The minimum Gasteiger partial charge on any atom is -0.394 e. The molecule has 0 saturated carbocycles. The van der Waals surface area contributed by atoms with E-state index in [1.54, 1.807) is 19.0 Å². The van der Waals surface area contributed by atoms with Crippen LogP contribution in [-0.4, -0.2) is 152 Å². The Kier molecular flexibility index (Phi) is 20.7. The van der Waals surface area contributed by atoms with Gasteiger partial charge in [-0.05, 0) is 65.5 Å². The minimum absolute atomic E-state index is 0.00834. The number of rotatable bonds is 24. The lowest BCUT2D eigenvalue weighted by atomic mass is 10.0. The number of likely N-dealkylation sites (tertiary alicyclic amines) is 1. The molecule has 52 heavy (non-hydrogen) atoms. The van der Waals surface area contributed by atoms with Gasteiger partial charge >= 0.3 is 0 Å². The monoisotopic (exact) mass is 739 g/mol. The summed E-state index contributed by atoms with van der Waals surface area (Å²) in [5.74, 6) is -3.53. The van der Waals surface area contributed by atoms with E-state index >= 15 is 0 Å². The summed E-state index contributed by atoms with van der Waals surface area (Å²) in [4.78, 5) is 93.1. The molecule has 22 heteroatoms. The van der Waals surface area contributed by atoms with Crippen LogP contribution in [0.5, 0.6) is 0 Å². The molecule has 1 aliphatic rings. The summed E-state index contributed by atoms with van der Waals surface area (Å²) < 4.78 is 0. The topological polar surface area (TPSA) is 370 Å². The van der Waals surface area contributed by atoms with Gasteiger partial charge in [-0.3, -0.25) is 38.9 Å². The van der Waals surface area contributed by atoms with Gasteiger partial charge in [-0.25, -0.2) is 0 Å². The molecule has 0 bridgehead atoms.